The van der Waals surface area contributed by atoms with Crippen LogP contribution in [0.2, 0.25) is 0 Å². The molecule has 0 bridgehead atoms. The molecule has 15 heteroatoms. The Labute approximate surface area is 278 Å². The number of nitrogens with zero attached hydrogens (tertiary/aromatic N) is 6. The quantitative estimate of drug-likeness (QED) is 0.138. The number of nitriles is 3. The normalized spacial score (nSPS) is 16.9. The maximum atomic E-state index is 10.0. The van der Waals surface area contributed by atoms with Crippen molar-refractivity contribution >= 4 is 17.5 Å². The van der Waals surface area contributed by atoms with Crippen molar-refractivity contribution in [2.45, 2.75) is 37.0 Å². The largest absolute Gasteiger partial charge is 0.492 e. The third-order valence-corrected chi connectivity index (χ3v) is 8.13. The standard InChI is InChI=1S/C33H39N9O6/c1-46-28-22(16-34)13-25(40-31(28)37-4-7-43)19-10-20(26-14-23(17-35)29(47-2)32(41-26)38-5-8-44)12-21(11-19)27-15-24(18-36)30(48-3)33(42-27)39-6-9-45/h13-15,19-21,43-45H,4-12H2,1-3H3,(H,37,40)(H,38,41)(H,39,42). The Kier molecular flexibility index (Phi) is 12.5. The fourth-order valence-corrected chi connectivity index (χ4v) is 6.08. The number of hydrogen-bond donors (Lipinski definition) is 6. The van der Waals surface area contributed by atoms with Gasteiger partial charge in [0, 0.05) is 54.5 Å². The first-order chi connectivity index (χ1) is 23.4. The number of rotatable bonds is 15. The van der Waals surface area contributed by atoms with E-state index in [9.17, 15) is 31.1 Å². The zero-order valence-corrected chi connectivity index (χ0v) is 27.1. The van der Waals surface area contributed by atoms with E-state index >= 15 is 0 Å². The van der Waals surface area contributed by atoms with E-state index in [1.54, 1.807) is 18.2 Å². The number of hydrogen-bond acceptors (Lipinski definition) is 15. The van der Waals surface area contributed by atoms with E-state index in [4.69, 9.17) is 29.2 Å². The highest BCUT2D eigenvalue weighted by Crippen LogP contribution is 2.49. The van der Waals surface area contributed by atoms with E-state index in [2.05, 4.69) is 34.2 Å². The summed E-state index contributed by atoms with van der Waals surface area (Å²) in [6.45, 7) is 0.121. The summed E-state index contributed by atoms with van der Waals surface area (Å²) >= 11 is 0. The molecular formula is C33H39N9O6. The maximum absolute atomic E-state index is 10.0. The van der Waals surface area contributed by atoms with E-state index in [1.807, 2.05) is 0 Å². The van der Waals surface area contributed by atoms with Crippen LogP contribution in [-0.2, 0) is 0 Å². The molecule has 0 saturated heterocycles. The molecule has 0 amide bonds. The highest BCUT2D eigenvalue weighted by Gasteiger charge is 2.36. The number of anilines is 3. The first kappa shape index (κ1) is 35.5. The predicted octanol–water partition coefficient (Wildman–Crippen LogP) is 2.56. The van der Waals surface area contributed by atoms with Crippen molar-refractivity contribution in [2.24, 2.45) is 0 Å². The van der Waals surface area contributed by atoms with Gasteiger partial charge in [0.25, 0.3) is 0 Å². The summed E-state index contributed by atoms with van der Waals surface area (Å²) in [5.74, 6) is 1.06. The second-order valence-corrected chi connectivity index (χ2v) is 11.0. The summed E-state index contributed by atoms with van der Waals surface area (Å²) in [5.41, 5.74) is 2.66. The summed E-state index contributed by atoms with van der Waals surface area (Å²) in [5, 5.41) is 67.5. The van der Waals surface area contributed by atoms with Crippen LogP contribution >= 0.6 is 0 Å². The van der Waals surface area contributed by atoms with Gasteiger partial charge in [-0.15, -0.1) is 0 Å². The number of aliphatic hydroxyl groups excluding tert-OH is 3. The average Bonchev–Trinajstić information content (AvgIpc) is 3.13. The zero-order chi connectivity index (χ0) is 34.6. The highest BCUT2D eigenvalue weighted by molar-refractivity contribution is 5.62. The van der Waals surface area contributed by atoms with Gasteiger partial charge in [-0.3, -0.25) is 0 Å². The first-order valence-corrected chi connectivity index (χ1v) is 15.4. The van der Waals surface area contributed by atoms with Crippen LogP contribution in [0.15, 0.2) is 18.2 Å². The first-order valence-electron chi connectivity index (χ1n) is 15.4. The minimum Gasteiger partial charge on any atom is -0.492 e. The Hall–Kier alpha value is -5.40. The number of methoxy groups -OCH3 is 3. The smallest absolute Gasteiger partial charge is 0.178 e. The summed E-state index contributed by atoms with van der Waals surface area (Å²) in [4.78, 5) is 14.5. The van der Waals surface area contributed by atoms with Crippen LogP contribution in [0.25, 0.3) is 0 Å². The Morgan fingerprint density at radius 1 is 0.583 bits per heavy atom. The molecule has 0 atom stereocenters. The molecule has 1 aliphatic carbocycles. The van der Waals surface area contributed by atoms with Gasteiger partial charge in [0.05, 0.1) is 57.8 Å². The molecule has 252 valence electrons. The Balaban J connectivity index is 1.89. The molecule has 1 aliphatic rings. The number of ether oxygens (including phenoxy) is 3. The molecule has 1 saturated carbocycles. The molecule has 0 radical (unpaired) electrons. The van der Waals surface area contributed by atoms with Gasteiger partial charge in [0.15, 0.2) is 34.7 Å². The van der Waals surface area contributed by atoms with Crippen LogP contribution in [0.5, 0.6) is 17.2 Å². The fourth-order valence-electron chi connectivity index (χ4n) is 6.08. The lowest BCUT2D eigenvalue weighted by molar-refractivity contribution is 0.310. The van der Waals surface area contributed by atoms with Gasteiger partial charge in [0.1, 0.15) is 18.2 Å². The van der Waals surface area contributed by atoms with Gasteiger partial charge >= 0.3 is 0 Å². The van der Waals surface area contributed by atoms with Crippen molar-refractivity contribution in [1.29, 1.82) is 15.8 Å². The van der Waals surface area contributed by atoms with Gasteiger partial charge in [-0.25, -0.2) is 15.0 Å². The molecular weight excluding hydrogens is 618 g/mol. The van der Waals surface area contributed by atoms with E-state index in [1.165, 1.54) is 21.3 Å². The summed E-state index contributed by atoms with van der Waals surface area (Å²) in [6, 6.07) is 11.6. The number of aliphatic hydroxyl groups is 3. The van der Waals surface area contributed by atoms with Crippen molar-refractivity contribution in [3.8, 4) is 35.5 Å². The second kappa shape index (κ2) is 17.0. The zero-order valence-electron chi connectivity index (χ0n) is 27.1. The van der Waals surface area contributed by atoms with Crippen molar-refractivity contribution in [3.63, 3.8) is 0 Å². The summed E-state index contributed by atoms with van der Waals surface area (Å²) < 4.78 is 16.5. The molecule has 0 unspecified atom stereocenters. The molecule has 3 aromatic heterocycles. The van der Waals surface area contributed by atoms with E-state index in [0.29, 0.717) is 53.8 Å². The van der Waals surface area contributed by atoms with E-state index < -0.39 is 0 Å². The van der Waals surface area contributed by atoms with Gasteiger partial charge in [-0.05, 0) is 37.5 Å². The maximum Gasteiger partial charge on any atom is 0.178 e. The van der Waals surface area contributed by atoms with Crippen LogP contribution in [0.3, 0.4) is 0 Å². The Morgan fingerprint density at radius 3 is 1.06 bits per heavy atom. The van der Waals surface area contributed by atoms with Gasteiger partial charge in [-0.2, -0.15) is 15.8 Å². The molecule has 0 spiro atoms. The van der Waals surface area contributed by atoms with Crippen molar-refractivity contribution in [1.82, 2.24) is 15.0 Å². The molecule has 15 nitrogen and oxygen atoms in total. The summed E-state index contributed by atoms with van der Waals surface area (Å²) in [6.07, 6.45) is 1.63. The van der Waals surface area contributed by atoms with Crippen LogP contribution in [0, 0.1) is 34.0 Å². The van der Waals surface area contributed by atoms with E-state index in [0.717, 1.165) is 0 Å². The monoisotopic (exact) mass is 657 g/mol. The second-order valence-electron chi connectivity index (χ2n) is 11.0. The number of nitrogens with one attached hydrogen (secondary N) is 3. The third-order valence-electron chi connectivity index (χ3n) is 8.13. The third kappa shape index (κ3) is 7.76. The lowest BCUT2D eigenvalue weighted by Crippen LogP contribution is -2.23. The lowest BCUT2D eigenvalue weighted by atomic mass is 9.71. The summed E-state index contributed by atoms with van der Waals surface area (Å²) in [7, 11) is 4.34. The number of aromatic nitrogens is 3. The molecule has 1 fully saturated rings. The van der Waals surface area contributed by atoms with Crippen molar-refractivity contribution in [3.05, 3.63) is 52.0 Å². The lowest BCUT2D eigenvalue weighted by Gasteiger charge is -2.35. The predicted molar refractivity (Wildman–Crippen MR) is 175 cm³/mol. The van der Waals surface area contributed by atoms with Gasteiger partial charge in [-0.1, -0.05) is 0 Å². The highest BCUT2D eigenvalue weighted by atomic mass is 16.5. The minimum atomic E-state index is -0.243. The van der Waals surface area contributed by atoms with Gasteiger partial charge < -0.3 is 45.5 Å². The van der Waals surface area contributed by atoms with Crippen LogP contribution in [0.4, 0.5) is 17.5 Å². The molecule has 48 heavy (non-hydrogen) atoms. The van der Waals surface area contributed by atoms with Crippen LogP contribution < -0.4 is 30.2 Å². The van der Waals surface area contributed by atoms with Gasteiger partial charge in [0.2, 0.25) is 0 Å². The molecule has 0 aromatic carbocycles. The SMILES string of the molecule is COc1c(C#N)cc(C2CC(c3cc(C#N)c(OC)c(NCCO)n3)CC(c3cc(C#N)c(OC)c(NCCO)n3)C2)nc1NCCO. The average molecular weight is 658 g/mol. The minimum absolute atomic E-state index is 0.154. The molecule has 4 rings (SSSR count). The molecule has 0 aliphatic heterocycles. The fraction of sp³-hybridized carbons (Fsp3) is 0.455. The number of pyridine rings is 3. The molecule has 3 aromatic rings. The van der Waals surface area contributed by atoms with E-state index in [-0.39, 0.29) is 91.1 Å². The van der Waals surface area contributed by atoms with Crippen molar-refractivity contribution in [2.75, 3.05) is 76.7 Å². The molecule has 6 N–H and O–H groups in total. The van der Waals surface area contributed by atoms with Crippen molar-refractivity contribution < 1.29 is 29.5 Å². The van der Waals surface area contributed by atoms with Crippen LogP contribution in [0.1, 0.15) is 70.8 Å². The topological polar surface area (TPSA) is 235 Å². The Morgan fingerprint density at radius 2 is 0.854 bits per heavy atom. The molecule has 3 heterocycles. The Bertz CT molecular complexity index is 1510. The van der Waals surface area contributed by atoms with Crippen LogP contribution in [-0.4, -0.2) is 91.1 Å².